The zero-order chi connectivity index (χ0) is 9.97. The molecule has 76 valence electrons. The highest BCUT2D eigenvalue weighted by atomic mass is 15.1. The Morgan fingerprint density at radius 2 is 2.43 bits per heavy atom. The first-order valence-electron chi connectivity index (χ1n) is 5.12. The Kier molecular flexibility index (Phi) is 2.79. The van der Waals surface area contributed by atoms with Gasteiger partial charge in [0, 0.05) is 25.5 Å². The van der Waals surface area contributed by atoms with Crippen molar-refractivity contribution in [2.45, 2.75) is 18.9 Å². The number of pyridine rings is 1. The lowest BCUT2D eigenvalue weighted by atomic mass is 9.99. The van der Waals surface area contributed by atoms with Gasteiger partial charge in [-0.2, -0.15) is 0 Å². The maximum absolute atomic E-state index is 5.59. The van der Waals surface area contributed by atoms with Crippen molar-refractivity contribution in [3.63, 3.8) is 0 Å². The molecule has 1 saturated heterocycles. The summed E-state index contributed by atoms with van der Waals surface area (Å²) in [7, 11) is 2.17. The van der Waals surface area contributed by atoms with Gasteiger partial charge in [0.15, 0.2) is 0 Å². The summed E-state index contributed by atoms with van der Waals surface area (Å²) in [6.45, 7) is 2.93. The normalized spacial score (nSPS) is 22.9. The Labute approximate surface area is 84.9 Å². The number of rotatable bonds is 2. The predicted octanol–water partition coefficient (Wildman–Crippen LogP) is 0.959. The van der Waals surface area contributed by atoms with Crippen molar-refractivity contribution in [2.75, 3.05) is 20.1 Å². The van der Waals surface area contributed by atoms with E-state index in [0.29, 0.717) is 12.5 Å². The Morgan fingerprint density at radius 1 is 1.57 bits per heavy atom. The molecular formula is C11H17N3. The van der Waals surface area contributed by atoms with Crippen LogP contribution in [0.1, 0.15) is 23.5 Å². The summed E-state index contributed by atoms with van der Waals surface area (Å²) in [4.78, 5) is 6.59. The molecule has 1 aliphatic rings. The van der Waals surface area contributed by atoms with Gasteiger partial charge in [0.05, 0.1) is 0 Å². The van der Waals surface area contributed by atoms with Crippen LogP contribution < -0.4 is 5.73 Å². The molecule has 0 spiro atoms. The van der Waals surface area contributed by atoms with Gasteiger partial charge in [-0.25, -0.2) is 0 Å². The molecule has 1 unspecified atom stereocenters. The molecule has 0 aliphatic carbocycles. The van der Waals surface area contributed by atoms with E-state index in [0.717, 1.165) is 12.1 Å². The van der Waals surface area contributed by atoms with E-state index < -0.39 is 0 Å². The molecular weight excluding hydrogens is 174 g/mol. The molecule has 14 heavy (non-hydrogen) atoms. The number of hydrogen-bond donors (Lipinski definition) is 1. The average Bonchev–Trinajstić information content (AvgIpc) is 2.65. The summed E-state index contributed by atoms with van der Waals surface area (Å²) >= 11 is 0. The van der Waals surface area contributed by atoms with E-state index in [1.54, 1.807) is 0 Å². The Balaban J connectivity index is 2.15. The fraction of sp³-hybridized carbons (Fsp3) is 0.545. The molecule has 1 atom stereocenters. The van der Waals surface area contributed by atoms with E-state index in [2.05, 4.69) is 23.0 Å². The third-order valence-electron chi connectivity index (χ3n) is 2.91. The molecule has 1 aromatic rings. The van der Waals surface area contributed by atoms with Gasteiger partial charge in [0.2, 0.25) is 0 Å². The first-order chi connectivity index (χ1) is 6.79. The van der Waals surface area contributed by atoms with Crippen molar-refractivity contribution in [3.8, 4) is 0 Å². The van der Waals surface area contributed by atoms with Crippen LogP contribution in [0.25, 0.3) is 0 Å². The van der Waals surface area contributed by atoms with E-state index in [4.69, 9.17) is 5.73 Å². The van der Waals surface area contributed by atoms with Gasteiger partial charge >= 0.3 is 0 Å². The highest BCUT2D eigenvalue weighted by Gasteiger charge is 2.21. The van der Waals surface area contributed by atoms with E-state index in [9.17, 15) is 0 Å². The van der Waals surface area contributed by atoms with Crippen molar-refractivity contribution in [3.05, 3.63) is 29.6 Å². The summed E-state index contributed by atoms with van der Waals surface area (Å²) in [5.41, 5.74) is 8.08. The van der Waals surface area contributed by atoms with Gasteiger partial charge in [0.25, 0.3) is 0 Å². The van der Waals surface area contributed by atoms with Crippen LogP contribution in [0.5, 0.6) is 0 Å². The second-order valence-electron chi connectivity index (χ2n) is 4.08. The number of likely N-dealkylation sites (tertiary alicyclic amines) is 1. The summed E-state index contributed by atoms with van der Waals surface area (Å²) in [6.07, 6.45) is 5.07. The fourth-order valence-corrected chi connectivity index (χ4v) is 2.05. The summed E-state index contributed by atoms with van der Waals surface area (Å²) in [5, 5.41) is 0. The Hall–Kier alpha value is -0.930. The molecule has 0 amide bonds. The Bertz CT molecular complexity index is 311. The van der Waals surface area contributed by atoms with Crippen LogP contribution in [0, 0.1) is 0 Å². The van der Waals surface area contributed by atoms with Crippen LogP contribution >= 0.6 is 0 Å². The first kappa shape index (κ1) is 9.62. The Morgan fingerprint density at radius 3 is 3.07 bits per heavy atom. The van der Waals surface area contributed by atoms with E-state index in [1.165, 1.54) is 18.5 Å². The molecule has 0 saturated carbocycles. The van der Waals surface area contributed by atoms with Crippen molar-refractivity contribution >= 4 is 0 Å². The highest BCUT2D eigenvalue weighted by Crippen LogP contribution is 2.25. The lowest BCUT2D eigenvalue weighted by Gasteiger charge is -2.11. The number of nitrogens with zero attached hydrogens (tertiary/aromatic N) is 2. The minimum atomic E-state index is 0.587. The molecule has 2 rings (SSSR count). The van der Waals surface area contributed by atoms with E-state index in [1.807, 2.05) is 12.4 Å². The predicted molar refractivity (Wildman–Crippen MR) is 57.0 cm³/mol. The lowest BCUT2D eigenvalue weighted by molar-refractivity contribution is 0.411. The van der Waals surface area contributed by atoms with Crippen LogP contribution in [0.15, 0.2) is 18.5 Å². The van der Waals surface area contributed by atoms with Gasteiger partial charge in [-0.1, -0.05) is 6.07 Å². The van der Waals surface area contributed by atoms with Crippen LogP contribution in [-0.2, 0) is 6.54 Å². The maximum atomic E-state index is 5.59. The van der Waals surface area contributed by atoms with Gasteiger partial charge in [0.1, 0.15) is 0 Å². The summed E-state index contributed by atoms with van der Waals surface area (Å²) in [6, 6.07) is 2.19. The van der Waals surface area contributed by atoms with Gasteiger partial charge in [-0.05, 0) is 37.1 Å². The zero-order valence-electron chi connectivity index (χ0n) is 8.61. The second kappa shape index (κ2) is 4.07. The van der Waals surface area contributed by atoms with E-state index in [-0.39, 0.29) is 0 Å². The van der Waals surface area contributed by atoms with Crippen LogP contribution in [0.3, 0.4) is 0 Å². The molecule has 2 N–H and O–H groups in total. The second-order valence-corrected chi connectivity index (χ2v) is 4.08. The number of likely N-dealkylation sites (N-methyl/N-ethyl adjacent to an activating group) is 1. The first-order valence-corrected chi connectivity index (χ1v) is 5.12. The van der Waals surface area contributed by atoms with Crippen molar-refractivity contribution < 1.29 is 0 Å². The van der Waals surface area contributed by atoms with E-state index >= 15 is 0 Å². The van der Waals surface area contributed by atoms with Crippen molar-refractivity contribution in [1.29, 1.82) is 0 Å². The topological polar surface area (TPSA) is 42.2 Å². The highest BCUT2D eigenvalue weighted by molar-refractivity contribution is 5.22. The monoisotopic (exact) mass is 191 g/mol. The fourth-order valence-electron chi connectivity index (χ4n) is 2.05. The SMILES string of the molecule is CN1CCC(c2cncc(CN)c2)C1. The maximum Gasteiger partial charge on any atom is 0.0312 e. The standard InChI is InChI=1S/C11H17N3/c1-14-3-2-10(8-14)11-4-9(5-12)6-13-7-11/h4,6-7,10H,2-3,5,8,12H2,1H3. The van der Waals surface area contributed by atoms with Crippen molar-refractivity contribution in [1.82, 2.24) is 9.88 Å². The van der Waals surface area contributed by atoms with Crippen LogP contribution in [0.2, 0.25) is 0 Å². The summed E-state index contributed by atoms with van der Waals surface area (Å²) in [5.74, 6) is 0.652. The largest absolute Gasteiger partial charge is 0.326 e. The molecule has 0 bridgehead atoms. The van der Waals surface area contributed by atoms with Gasteiger partial charge in [-0.15, -0.1) is 0 Å². The summed E-state index contributed by atoms with van der Waals surface area (Å²) < 4.78 is 0. The molecule has 3 heteroatoms. The minimum Gasteiger partial charge on any atom is -0.326 e. The number of aromatic nitrogens is 1. The smallest absolute Gasteiger partial charge is 0.0312 e. The quantitative estimate of drug-likeness (QED) is 0.757. The number of nitrogens with two attached hydrogens (primary N) is 1. The average molecular weight is 191 g/mol. The molecule has 3 nitrogen and oxygen atoms in total. The van der Waals surface area contributed by atoms with Crippen LogP contribution in [-0.4, -0.2) is 30.0 Å². The molecule has 1 aliphatic heterocycles. The van der Waals surface area contributed by atoms with Crippen molar-refractivity contribution in [2.24, 2.45) is 5.73 Å². The molecule has 0 radical (unpaired) electrons. The molecule has 1 fully saturated rings. The van der Waals surface area contributed by atoms with Crippen LogP contribution in [0.4, 0.5) is 0 Å². The zero-order valence-corrected chi connectivity index (χ0v) is 8.61. The number of hydrogen-bond acceptors (Lipinski definition) is 3. The minimum absolute atomic E-state index is 0.587. The van der Waals surface area contributed by atoms with Gasteiger partial charge in [-0.3, -0.25) is 4.98 Å². The third-order valence-corrected chi connectivity index (χ3v) is 2.91. The third kappa shape index (κ3) is 1.94. The molecule has 0 aromatic carbocycles. The molecule has 1 aromatic heterocycles. The lowest BCUT2D eigenvalue weighted by Crippen LogP contribution is -2.13. The molecule has 2 heterocycles. The van der Waals surface area contributed by atoms with Gasteiger partial charge < -0.3 is 10.6 Å².